The van der Waals surface area contributed by atoms with Crippen molar-refractivity contribution in [3.63, 3.8) is 0 Å². The van der Waals surface area contributed by atoms with Gasteiger partial charge in [-0.3, -0.25) is 4.79 Å². The normalized spacial score (nSPS) is 38.2. The van der Waals surface area contributed by atoms with E-state index in [-0.39, 0.29) is 18.6 Å². The van der Waals surface area contributed by atoms with E-state index in [1.165, 1.54) is 0 Å². The van der Waals surface area contributed by atoms with E-state index in [2.05, 4.69) is 0 Å². The minimum absolute atomic E-state index is 0.320. The van der Waals surface area contributed by atoms with Crippen molar-refractivity contribution in [1.29, 1.82) is 0 Å². The van der Waals surface area contributed by atoms with Crippen LogP contribution < -0.4 is 0 Å². The van der Waals surface area contributed by atoms with Gasteiger partial charge in [0.15, 0.2) is 6.29 Å². The quantitative estimate of drug-likeness (QED) is 0.704. The number of carboxylic acids is 1. The third kappa shape index (κ3) is 2.25. The van der Waals surface area contributed by atoms with Crippen molar-refractivity contribution in [2.24, 2.45) is 10.8 Å². The van der Waals surface area contributed by atoms with E-state index in [4.69, 9.17) is 18.7 Å². The number of ether oxygens (including phenoxy) is 2. The zero-order valence-electron chi connectivity index (χ0n) is 11.7. The lowest BCUT2D eigenvalue weighted by Crippen LogP contribution is -2.48. The number of aliphatic carboxylic acids is 1. The van der Waals surface area contributed by atoms with Gasteiger partial charge in [-0.1, -0.05) is 20.8 Å². The zero-order chi connectivity index (χ0) is 13.5. The lowest BCUT2D eigenvalue weighted by Gasteiger charge is -2.39. The smallest absolute Gasteiger partial charge is 0.314 e. The minimum Gasteiger partial charge on any atom is -0.481 e. The Hall–Kier alpha value is -0.610. The average Bonchev–Trinajstić information content (AvgIpc) is 2.14. The van der Waals surface area contributed by atoms with Crippen LogP contribution in [-0.4, -0.2) is 30.6 Å². The number of hydrogen-bond donors (Lipinski definition) is 1. The van der Waals surface area contributed by atoms with Crippen LogP contribution in [0.3, 0.4) is 0 Å². The van der Waals surface area contributed by atoms with Gasteiger partial charge in [0.2, 0.25) is 0 Å². The van der Waals surface area contributed by atoms with Crippen LogP contribution >= 0.6 is 0 Å². The third-order valence-electron chi connectivity index (χ3n) is 2.08. The van der Waals surface area contributed by atoms with Gasteiger partial charge in [0.1, 0.15) is 5.41 Å². The third-order valence-corrected chi connectivity index (χ3v) is 2.08. The van der Waals surface area contributed by atoms with Crippen LogP contribution in [0, 0.1) is 10.8 Å². The lowest BCUT2D eigenvalue weighted by atomic mass is 9.90. The molecule has 0 aromatic carbocycles. The predicted octanol–water partition coefficient (Wildman–Crippen LogP) is 1.50. The Morgan fingerprint density at radius 1 is 1.50 bits per heavy atom. The van der Waals surface area contributed by atoms with E-state index in [1.54, 1.807) is 0 Å². The molecule has 0 aromatic heterocycles. The maximum atomic E-state index is 11.2. The first-order valence-electron chi connectivity index (χ1n) is 5.97. The summed E-state index contributed by atoms with van der Waals surface area (Å²) in [5.74, 6) is -1.41. The molecule has 4 nitrogen and oxygen atoms in total. The molecule has 1 saturated heterocycles. The van der Waals surface area contributed by atoms with Crippen LogP contribution in [0.2, 0.25) is 0 Å². The molecule has 0 radical (unpaired) electrons. The summed E-state index contributed by atoms with van der Waals surface area (Å²) in [7, 11) is 0. The van der Waals surface area contributed by atoms with Crippen molar-refractivity contribution in [2.45, 2.75) is 33.9 Å². The van der Waals surface area contributed by atoms with Crippen molar-refractivity contribution in [1.82, 2.24) is 0 Å². The van der Waals surface area contributed by atoms with Crippen molar-refractivity contribution in [2.75, 3.05) is 13.2 Å². The molecule has 1 aliphatic rings. The first-order valence-corrected chi connectivity index (χ1v) is 4.47. The van der Waals surface area contributed by atoms with E-state index in [9.17, 15) is 4.79 Å². The number of rotatable bonds is 1. The summed E-state index contributed by atoms with van der Waals surface area (Å²) in [6.07, 6.45) is -0.586. The Bertz CT molecular complexity index is 298. The molecule has 1 rings (SSSR count). The topological polar surface area (TPSA) is 55.8 Å². The highest BCUT2D eigenvalue weighted by atomic mass is 16.7. The van der Waals surface area contributed by atoms with Crippen molar-refractivity contribution < 1.29 is 23.5 Å². The van der Waals surface area contributed by atoms with Crippen LogP contribution in [0.15, 0.2) is 0 Å². The van der Waals surface area contributed by atoms with Gasteiger partial charge in [-0.15, -0.1) is 0 Å². The van der Waals surface area contributed by atoms with Crippen LogP contribution in [0.1, 0.15) is 31.7 Å². The van der Waals surface area contributed by atoms with E-state index < -0.39 is 24.5 Å². The number of carbonyl (C=O) groups is 1. The summed E-state index contributed by atoms with van der Waals surface area (Å²) >= 11 is 0. The van der Waals surface area contributed by atoms with E-state index in [1.807, 2.05) is 20.8 Å². The summed E-state index contributed by atoms with van der Waals surface area (Å²) in [6, 6.07) is 0. The molecule has 0 unspecified atom stereocenters. The van der Waals surface area contributed by atoms with E-state index >= 15 is 0 Å². The van der Waals surface area contributed by atoms with Crippen LogP contribution in [-0.2, 0) is 14.3 Å². The largest absolute Gasteiger partial charge is 0.481 e. The molecule has 4 heteroatoms. The molecule has 1 fully saturated rings. The van der Waals surface area contributed by atoms with Crippen LogP contribution in [0.5, 0.6) is 0 Å². The lowest BCUT2D eigenvalue weighted by molar-refractivity contribution is -0.262. The summed E-state index contributed by atoms with van der Waals surface area (Å²) in [4.78, 5) is 11.2. The molecule has 0 atom stereocenters. The molecular weight excluding hydrogens is 184 g/mol. The molecule has 1 aliphatic heterocycles. The molecular formula is C10H18O4. The Morgan fingerprint density at radius 2 is 2.00 bits per heavy atom. The van der Waals surface area contributed by atoms with Gasteiger partial charge in [-0.05, 0) is 6.85 Å². The highest BCUT2D eigenvalue weighted by Crippen LogP contribution is 2.32. The van der Waals surface area contributed by atoms with Gasteiger partial charge in [0.25, 0.3) is 0 Å². The average molecular weight is 205 g/mol. The molecule has 0 saturated carbocycles. The molecule has 14 heavy (non-hydrogen) atoms. The first kappa shape index (κ1) is 7.65. The van der Waals surface area contributed by atoms with Crippen molar-refractivity contribution in [3.05, 3.63) is 0 Å². The Balaban J connectivity index is 2.87. The van der Waals surface area contributed by atoms with Crippen LogP contribution in [0.4, 0.5) is 0 Å². The fourth-order valence-electron chi connectivity index (χ4n) is 1.15. The standard InChI is InChI=1S/C10H18O4/c1-9(2,3)8-13-5-10(4,6-14-8)7(11)12/h8H,5-6H2,1-4H3,(H,11,12)/i4D3. The fraction of sp³-hybridized carbons (Fsp3) is 0.900. The van der Waals surface area contributed by atoms with Gasteiger partial charge >= 0.3 is 5.97 Å². The first-order chi connectivity index (χ1) is 7.51. The second-order valence-electron chi connectivity index (χ2n) is 4.71. The van der Waals surface area contributed by atoms with Gasteiger partial charge in [-0.2, -0.15) is 0 Å². The molecule has 0 amide bonds. The molecule has 0 bridgehead atoms. The molecule has 0 aromatic rings. The van der Waals surface area contributed by atoms with Gasteiger partial charge in [-0.25, -0.2) is 0 Å². The Kier molecular flexibility index (Phi) is 1.92. The van der Waals surface area contributed by atoms with E-state index in [0.717, 1.165) is 0 Å². The second-order valence-corrected chi connectivity index (χ2v) is 4.71. The Morgan fingerprint density at radius 3 is 2.29 bits per heavy atom. The summed E-state index contributed by atoms with van der Waals surface area (Å²) < 4.78 is 32.5. The molecule has 1 N–H and O–H groups in total. The highest BCUT2D eigenvalue weighted by molar-refractivity contribution is 5.74. The monoisotopic (exact) mass is 205 g/mol. The Labute approximate surface area is 88.4 Å². The molecule has 82 valence electrons. The molecule has 0 spiro atoms. The van der Waals surface area contributed by atoms with Crippen LogP contribution in [0.25, 0.3) is 0 Å². The van der Waals surface area contributed by atoms with Gasteiger partial charge < -0.3 is 14.6 Å². The summed E-state index contributed by atoms with van der Waals surface area (Å²) in [5, 5.41) is 9.09. The number of hydrogen-bond acceptors (Lipinski definition) is 3. The SMILES string of the molecule is [2H]C([2H])([2H])C1(C(=O)O)COC(C(C)(C)C)OC1. The van der Waals surface area contributed by atoms with E-state index in [0.29, 0.717) is 0 Å². The summed E-state index contributed by atoms with van der Waals surface area (Å²) in [6.45, 7) is 2.26. The second kappa shape index (κ2) is 3.51. The number of carboxylic acid groups (broad SMARTS) is 1. The van der Waals surface area contributed by atoms with Gasteiger partial charge in [0, 0.05) is 9.53 Å². The minimum atomic E-state index is -2.65. The maximum Gasteiger partial charge on any atom is 0.314 e. The predicted molar refractivity (Wildman–Crippen MR) is 50.9 cm³/mol. The molecule has 1 heterocycles. The van der Waals surface area contributed by atoms with Gasteiger partial charge in [0.05, 0.1) is 13.2 Å². The molecule has 0 aliphatic carbocycles. The maximum absolute atomic E-state index is 11.2. The fourth-order valence-corrected chi connectivity index (χ4v) is 1.15. The highest BCUT2D eigenvalue weighted by Gasteiger charge is 2.42. The van der Waals surface area contributed by atoms with Crippen molar-refractivity contribution in [3.8, 4) is 0 Å². The summed E-state index contributed by atoms with van der Waals surface area (Å²) in [5.41, 5.74) is -2.28. The zero-order valence-corrected chi connectivity index (χ0v) is 8.66. The van der Waals surface area contributed by atoms with Crippen molar-refractivity contribution >= 4 is 5.97 Å².